The molecule has 0 atom stereocenters. The lowest BCUT2D eigenvalue weighted by atomic mass is 10.0. The van der Waals surface area contributed by atoms with Crippen LogP contribution in [0.2, 0.25) is 0 Å². The third kappa shape index (κ3) is 4.55. The van der Waals surface area contributed by atoms with Gasteiger partial charge in [-0.15, -0.1) is 0 Å². The Balaban J connectivity index is 1.69. The van der Waals surface area contributed by atoms with Gasteiger partial charge in [-0.3, -0.25) is 13.9 Å². The Morgan fingerprint density at radius 2 is 1.64 bits per heavy atom. The van der Waals surface area contributed by atoms with Gasteiger partial charge in [-0.2, -0.15) is 0 Å². The van der Waals surface area contributed by atoms with E-state index in [0.29, 0.717) is 29.6 Å². The van der Waals surface area contributed by atoms with Crippen LogP contribution in [-0.2, 0) is 28.7 Å². The summed E-state index contributed by atoms with van der Waals surface area (Å²) in [7, 11) is -0.479. The third-order valence-electron chi connectivity index (χ3n) is 6.34. The normalized spacial score (nSPS) is 15.0. The molecule has 1 amide bonds. The first-order chi connectivity index (χ1) is 15.7. The summed E-state index contributed by atoms with van der Waals surface area (Å²) >= 11 is 0. The van der Waals surface area contributed by atoms with E-state index < -0.39 is 21.0 Å². The molecular weight excluding hydrogens is 442 g/mol. The van der Waals surface area contributed by atoms with Gasteiger partial charge in [-0.1, -0.05) is 37.0 Å². The highest BCUT2D eigenvalue weighted by atomic mass is 32.2. The summed E-state index contributed by atoms with van der Waals surface area (Å²) < 4.78 is 35.5. The standard InChI is InChI=1S/C24H29N3O5S/c1-16-9-11-17(12-10-16)32-15-23(28)25-19-13-20-21(27(3)24(29)26(20)2)14-22(19)33(30,31)18-7-5-4-6-8-18/h9-14,18H,4-8,15H2,1-3H3,(H,25,28). The largest absolute Gasteiger partial charge is 0.484 e. The van der Waals surface area contributed by atoms with Crippen molar-refractivity contribution >= 4 is 32.5 Å². The number of carbonyl (C=O) groups excluding carboxylic acids is 1. The lowest BCUT2D eigenvalue weighted by Crippen LogP contribution is -2.27. The van der Waals surface area contributed by atoms with Crippen LogP contribution in [0, 0.1) is 6.92 Å². The molecule has 4 rings (SSSR count). The molecule has 1 aliphatic carbocycles. The van der Waals surface area contributed by atoms with Crippen LogP contribution in [-0.4, -0.2) is 35.3 Å². The van der Waals surface area contributed by atoms with Crippen LogP contribution in [0.25, 0.3) is 11.0 Å². The molecule has 33 heavy (non-hydrogen) atoms. The van der Waals surface area contributed by atoms with Crippen LogP contribution >= 0.6 is 0 Å². The summed E-state index contributed by atoms with van der Waals surface area (Å²) in [6.07, 6.45) is 3.94. The Kier molecular flexibility index (Phi) is 6.34. The number of imidazole rings is 1. The Hall–Kier alpha value is -3.07. The Labute approximate surface area is 193 Å². The van der Waals surface area contributed by atoms with Crippen molar-refractivity contribution in [3.8, 4) is 5.75 Å². The molecule has 1 heterocycles. The number of hydrogen-bond donors (Lipinski definition) is 1. The Bertz CT molecular complexity index is 1350. The van der Waals surface area contributed by atoms with E-state index in [1.807, 2.05) is 19.1 Å². The highest BCUT2D eigenvalue weighted by molar-refractivity contribution is 7.92. The van der Waals surface area contributed by atoms with E-state index >= 15 is 0 Å². The van der Waals surface area contributed by atoms with Crippen LogP contribution in [0.3, 0.4) is 0 Å². The van der Waals surface area contributed by atoms with E-state index in [1.54, 1.807) is 32.3 Å². The minimum absolute atomic E-state index is 0.0479. The van der Waals surface area contributed by atoms with Crippen LogP contribution in [0.4, 0.5) is 5.69 Å². The summed E-state index contributed by atoms with van der Waals surface area (Å²) in [5, 5.41) is 2.22. The van der Waals surface area contributed by atoms with Gasteiger partial charge >= 0.3 is 5.69 Å². The van der Waals surface area contributed by atoms with Crippen molar-refractivity contribution in [1.29, 1.82) is 0 Å². The zero-order valence-corrected chi connectivity index (χ0v) is 19.9. The molecule has 9 heteroatoms. The number of sulfone groups is 1. The summed E-state index contributed by atoms with van der Waals surface area (Å²) in [5.74, 6) is 0.0719. The molecule has 3 aromatic rings. The van der Waals surface area contributed by atoms with E-state index in [-0.39, 0.29) is 22.9 Å². The van der Waals surface area contributed by atoms with Crippen LogP contribution < -0.4 is 15.7 Å². The van der Waals surface area contributed by atoms with Crippen molar-refractivity contribution in [2.24, 2.45) is 14.1 Å². The van der Waals surface area contributed by atoms with Gasteiger partial charge in [0, 0.05) is 14.1 Å². The van der Waals surface area contributed by atoms with Crippen molar-refractivity contribution in [2.75, 3.05) is 11.9 Å². The fraction of sp³-hybridized carbons (Fsp3) is 0.417. The minimum Gasteiger partial charge on any atom is -0.484 e. The first kappa shape index (κ1) is 23.1. The van der Waals surface area contributed by atoms with Gasteiger partial charge in [0.1, 0.15) is 5.75 Å². The maximum atomic E-state index is 13.6. The summed E-state index contributed by atoms with van der Waals surface area (Å²) in [6.45, 7) is 1.69. The van der Waals surface area contributed by atoms with Crippen LogP contribution in [0.1, 0.15) is 37.7 Å². The van der Waals surface area contributed by atoms with E-state index in [4.69, 9.17) is 4.74 Å². The third-order valence-corrected chi connectivity index (χ3v) is 8.64. The molecular formula is C24H29N3O5S. The zero-order valence-electron chi connectivity index (χ0n) is 19.1. The molecule has 1 fully saturated rings. The van der Waals surface area contributed by atoms with Gasteiger partial charge in [-0.25, -0.2) is 13.2 Å². The molecule has 0 radical (unpaired) electrons. The molecule has 0 aliphatic heterocycles. The number of carbonyl (C=O) groups is 1. The average Bonchev–Trinajstić information content (AvgIpc) is 3.02. The number of ether oxygens (including phenoxy) is 1. The number of amides is 1. The molecule has 8 nitrogen and oxygen atoms in total. The molecule has 1 aromatic heterocycles. The SMILES string of the molecule is Cc1ccc(OCC(=O)Nc2cc3c(cc2S(=O)(=O)C2CCCCC2)n(C)c(=O)n3C)cc1. The number of aromatic nitrogens is 2. The number of benzene rings is 2. The number of rotatable bonds is 6. The number of anilines is 1. The predicted molar refractivity (Wildman–Crippen MR) is 128 cm³/mol. The Morgan fingerprint density at radius 3 is 2.27 bits per heavy atom. The van der Waals surface area contributed by atoms with Crippen LogP contribution in [0.15, 0.2) is 46.1 Å². The van der Waals surface area contributed by atoms with Crippen molar-refractivity contribution in [1.82, 2.24) is 9.13 Å². The van der Waals surface area contributed by atoms with Crippen molar-refractivity contribution in [2.45, 2.75) is 49.2 Å². The maximum absolute atomic E-state index is 13.6. The van der Waals surface area contributed by atoms with Gasteiger partial charge in [0.05, 0.1) is 26.9 Å². The molecule has 0 bridgehead atoms. The van der Waals surface area contributed by atoms with E-state index in [0.717, 1.165) is 24.8 Å². The van der Waals surface area contributed by atoms with Crippen molar-refractivity contribution in [3.63, 3.8) is 0 Å². The number of nitrogens with one attached hydrogen (secondary N) is 1. The molecule has 0 spiro atoms. The van der Waals surface area contributed by atoms with Gasteiger partial charge < -0.3 is 10.1 Å². The highest BCUT2D eigenvalue weighted by Gasteiger charge is 2.32. The molecule has 1 aliphatic rings. The molecule has 0 unspecified atom stereocenters. The van der Waals surface area contributed by atoms with Gasteiger partial charge in [-0.05, 0) is 44.0 Å². The lowest BCUT2D eigenvalue weighted by Gasteiger charge is -2.23. The molecule has 2 aromatic carbocycles. The molecule has 1 N–H and O–H groups in total. The first-order valence-corrected chi connectivity index (χ1v) is 12.7. The van der Waals surface area contributed by atoms with Gasteiger partial charge in [0.25, 0.3) is 5.91 Å². The lowest BCUT2D eigenvalue weighted by molar-refractivity contribution is -0.118. The second kappa shape index (κ2) is 9.05. The average molecular weight is 472 g/mol. The first-order valence-electron chi connectivity index (χ1n) is 11.1. The Morgan fingerprint density at radius 1 is 1.03 bits per heavy atom. The number of aryl methyl sites for hydroxylation is 3. The maximum Gasteiger partial charge on any atom is 0.328 e. The fourth-order valence-electron chi connectivity index (χ4n) is 4.38. The number of nitrogens with zero attached hydrogens (tertiary/aromatic N) is 2. The minimum atomic E-state index is -3.70. The van der Waals surface area contributed by atoms with Gasteiger partial charge in [0.15, 0.2) is 16.4 Å². The second-order valence-electron chi connectivity index (χ2n) is 8.69. The fourth-order valence-corrected chi connectivity index (χ4v) is 6.39. The monoisotopic (exact) mass is 471 g/mol. The topological polar surface area (TPSA) is 99.4 Å². The van der Waals surface area contributed by atoms with Crippen molar-refractivity contribution < 1.29 is 17.9 Å². The smallest absolute Gasteiger partial charge is 0.328 e. The summed E-state index contributed by atoms with van der Waals surface area (Å²) in [5.41, 5.74) is 2.03. The quantitative estimate of drug-likeness (QED) is 0.595. The molecule has 0 saturated heterocycles. The summed E-state index contributed by atoms with van der Waals surface area (Å²) in [6, 6.07) is 10.4. The predicted octanol–water partition coefficient (Wildman–Crippen LogP) is 3.31. The van der Waals surface area contributed by atoms with E-state index in [1.165, 1.54) is 15.2 Å². The highest BCUT2D eigenvalue weighted by Crippen LogP contribution is 2.34. The summed E-state index contributed by atoms with van der Waals surface area (Å²) in [4.78, 5) is 25.2. The van der Waals surface area contributed by atoms with Crippen molar-refractivity contribution in [3.05, 3.63) is 52.4 Å². The van der Waals surface area contributed by atoms with Gasteiger partial charge in [0.2, 0.25) is 0 Å². The molecule has 1 saturated carbocycles. The number of fused-ring (bicyclic) bond motifs is 1. The van der Waals surface area contributed by atoms with Crippen LogP contribution in [0.5, 0.6) is 5.75 Å². The molecule has 176 valence electrons. The van der Waals surface area contributed by atoms with E-state index in [9.17, 15) is 18.0 Å². The zero-order chi connectivity index (χ0) is 23.8. The van der Waals surface area contributed by atoms with E-state index in [2.05, 4.69) is 5.32 Å². The number of hydrogen-bond acceptors (Lipinski definition) is 5. The second-order valence-corrected chi connectivity index (χ2v) is 10.9.